The number of aryl methyl sites for hydroxylation is 2. The molecule has 3 N–H and O–H groups in total. The predicted molar refractivity (Wildman–Crippen MR) is 106 cm³/mol. The number of aromatic hydroxyl groups is 1. The van der Waals surface area contributed by atoms with Crippen molar-refractivity contribution in [3.8, 4) is 5.75 Å². The standard InChI is InChI=1S/C22H19FN2O3/c1-13-7-10-20(26)19(11-13)25-21(27)15-9-8-14(2)18(12-15)24-22(28)16-5-3-4-6-17(16)23/h3-12,26H,1-2H3,(H,24,28)(H,25,27). The Bertz CT molecular complexity index is 1060. The summed E-state index contributed by atoms with van der Waals surface area (Å²) in [4.78, 5) is 24.9. The largest absolute Gasteiger partial charge is 0.506 e. The van der Waals surface area contributed by atoms with Crippen molar-refractivity contribution in [3.63, 3.8) is 0 Å². The van der Waals surface area contributed by atoms with Gasteiger partial charge in [0.25, 0.3) is 11.8 Å². The summed E-state index contributed by atoms with van der Waals surface area (Å²) < 4.78 is 13.8. The maximum absolute atomic E-state index is 13.8. The van der Waals surface area contributed by atoms with E-state index in [1.807, 2.05) is 6.92 Å². The molecule has 0 aromatic heterocycles. The van der Waals surface area contributed by atoms with Crippen molar-refractivity contribution in [1.29, 1.82) is 0 Å². The third-order valence-corrected chi connectivity index (χ3v) is 4.27. The molecule has 0 bridgehead atoms. The zero-order valence-corrected chi connectivity index (χ0v) is 15.4. The molecular formula is C22H19FN2O3. The van der Waals surface area contributed by atoms with Crippen LogP contribution in [0, 0.1) is 19.7 Å². The Morgan fingerprint density at radius 1 is 0.857 bits per heavy atom. The molecule has 0 saturated carbocycles. The molecule has 0 atom stereocenters. The first-order valence-electron chi connectivity index (χ1n) is 8.62. The molecule has 6 heteroatoms. The first-order valence-corrected chi connectivity index (χ1v) is 8.62. The molecule has 142 valence electrons. The Morgan fingerprint density at radius 3 is 2.32 bits per heavy atom. The summed E-state index contributed by atoms with van der Waals surface area (Å²) in [6.45, 7) is 3.61. The number of phenolic OH excluding ortho intramolecular Hbond substituents is 1. The van der Waals surface area contributed by atoms with Crippen LogP contribution in [0.3, 0.4) is 0 Å². The minimum absolute atomic E-state index is 0.0425. The molecule has 3 rings (SSSR count). The van der Waals surface area contributed by atoms with Gasteiger partial charge in [-0.1, -0.05) is 24.3 Å². The first kappa shape index (κ1) is 19.1. The van der Waals surface area contributed by atoms with Crippen LogP contribution in [0.1, 0.15) is 31.8 Å². The summed E-state index contributed by atoms with van der Waals surface area (Å²) in [6.07, 6.45) is 0. The number of nitrogens with one attached hydrogen (secondary N) is 2. The van der Waals surface area contributed by atoms with Crippen molar-refractivity contribution in [3.05, 3.63) is 88.7 Å². The number of halogens is 1. The summed E-state index contributed by atoms with van der Waals surface area (Å²) in [7, 11) is 0. The molecule has 0 radical (unpaired) electrons. The van der Waals surface area contributed by atoms with Crippen molar-refractivity contribution in [2.45, 2.75) is 13.8 Å². The van der Waals surface area contributed by atoms with E-state index in [4.69, 9.17) is 0 Å². The molecule has 0 aliphatic rings. The second-order valence-corrected chi connectivity index (χ2v) is 6.44. The van der Waals surface area contributed by atoms with Gasteiger partial charge in [0.1, 0.15) is 11.6 Å². The fraction of sp³-hybridized carbons (Fsp3) is 0.0909. The highest BCUT2D eigenvalue weighted by Gasteiger charge is 2.15. The number of rotatable bonds is 4. The predicted octanol–water partition coefficient (Wildman–Crippen LogP) is 4.65. The van der Waals surface area contributed by atoms with Crippen molar-refractivity contribution in [2.75, 3.05) is 10.6 Å². The minimum Gasteiger partial charge on any atom is -0.506 e. The quantitative estimate of drug-likeness (QED) is 0.578. The van der Waals surface area contributed by atoms with Gasteiger partial charge in [-0.05, 0) is 61.4 Å². The van der Waals surface area contributed by atoms with Gasteiger partial charge in [0, 0.05) is 11.3 Å². The van der Waals surface area contributed by atoms with E-state index in [2.05, 4.69) is 10.6 Å². The number of hydrogen-bond acceptors (Lipinski definition) is 3. The minimum atomic E-state index is -0.624. The lowest BCUT2D eigenvalue weighted by Crippen LogP contribution is -2.16. The van der Waals surface area contributed by atoms with Crippen LogP contribution in [0.25, 0.3) is 0 Å². The van der Waals surface area contributed by atoms with E-state index in [1.165, 1.54) is 30.3 Å². The number of anilines is 2. The Kier molecular flexibility index (Phi) is 5.40. The molecule has 0 spiro atoms. The number of phenols is 1. The molecule has 3 aromatic rings. The van der Waals surface area contributed by atoms with Gasteiger partial charge in [-0.15, -0.1) is 0 Å². The molecule has 0 aliphatic carbocycles. The average molecular weight is 378 g/mol. The van der Waals surface area contributed by atoms with Crippen molar-refractivity contribution >= 4 is 23.2 Å². The summed E-state index contributed by atoms with van der Waals surface area (Å²) in [5, 5.41) is 15.2. The molecule has 3 aromatic carbocycles. The smallest absolute Gasteiger partial charge is 0.258 e. The Hall–Kier alpha value is -3.67. The number of carbonyl (C=O) groups excluding carboxylic acids is 2. The number of hydrogen-bond donors (Lipinski definition) is 3. The summed E-state index contributed by atoms with van der Waals surface area (Å²) in [5.41, 5.74) is 2.50. The van der Waals surface area contributed by atoms with Crippen LogP contribution in [0.15, 0.2) is 60.7 Å². The second kappa shape index (κ2) is 7.92. The number of benzene rings is 3. The molecule has 0 saturated heterocycles. The molecule has 2 amide bonds. The van der Waals surface area contributed by atoms with Crippen molar-refractivity contribution in [1.82, 2.24) is 0 Å². The molecule has 0 heterocycles. The lowest BCUT2D eigenvalue weighted by Gasteiger charge is -2.12. The lowest BCUT2D eigenvalue weighted by atomic mass is 10.1. The molecule has 0 unspecified atom stereocenters. The summed E-state index contributed by atoms with van der Waals surface area (Å²) >= 11 is 0. The van der Waals surface area contributed by atoms with Gasteiger partial charge in [0.05, 0.1) is 11.3 Å². The van der Waals surface area contributed by atoms with E-state index in [-0.39, 0.29) is 16.9 Å². The highest BCUT2D eigenvalue weighted by molar-refractivity contribution is 6.08. The van der Waals surface area contributed by atoms with E-state index in [1.54, 1.807) is 37.3 Å². The van der Waals surface area contributed by atoms with Gasteiger partial charge in [-0.25, -0.2) is 4.39 Å². The SMILES string of the molecule is Cc1ccc(O)c(NC(=O)c2ccc(C)c(NC(=O)c3ccccc3F)c2)c1. The van der Waals surface area contributed by atoms with Crippen LogP contribution < -0.4 is 10.6 Å². The number of carbonyl (C=O) groups is 2. The molecular weight excluding hydrogens is 359 g/mol. The first-order chi connectivity index (χ1) is 13.3. The molecule has 0 fully saturated rings. The van der Waals surface area contributed by atoms with Crippen LogP contribution in [0.5, 0.6) is 5.75 Å². The van der Waals surface area contributed by atoms with E-state index in [0.29, 0.717) is 11.4 Å². The lowest BCUT2D eigenvalue weighted by molar-refractivity contribution is 0.101. The Morgan fingerprint density at radius 2 is 1.57 bits per heavy atom. The van der Waals surface area contributed by atoms with E-state index >= 15 is 0 Å². The third-order valence-electron chi connectivity index (χ3n) is 4.27. The molecule has 0 aliphatic heterocycles. The van der Waals surface area contributed by atoms with Crippen LogP contribution in [0.2, 0.25) is 0 Å². The molecule has 5 nitrogen and oxygen atoms in total. The number of amides is 2. The van der Waals surface area contributed by atoms with Gasteiger partial charge in [-0.2, -0.15) is 0 Å². The van der Waals surface area contributed by atoms with Gasteiger partial charge in [0.2, 0.25) is 0 Å². The summed E-state index contributed by atoms with van der Waals surface area (Å²) in [5.74, 6) is -1.71. The van der Waals surface area contributed by atoms with E-state index in [0.717, 1.165) is 11.1 Å². The average Bonchev–Trinajstić information content (AvgIpc) is 2.66. The maximum Gasteiger partial charge on any atom is 0.258 e. The fourth-order valence-electron chi connectivity index (χ4n) is 2.68. The third kappa shape index (κ3) is 4.17. The zero-order chi connectivity index (χ0) is 20.3. The van der Waals surface area contributed by atoms with E-state index < -0.39 is 17.6 Å². The van der Waals surface area contributed by atoms with Crippen LogP contribution in [0.4, 0.5) is 15.8 Å². The van der Waals surface area contributed by atoms with Crippen LogP contribution >= 0.6 is 0 Å². The second-order valence-electron chi connectivity index (χ2n) is 6.44. The highest BCUT2D eigenvalue weighted by Crippen LogP contribution is 2.25. The van der Waals surface area contributed by atoms with Gasteiger partial charge in [0.15, 0.2) is 0 Å². The van der Waals surface area contributed by atoms with Gasteiger partial charge >= 0.3 is 0 Å². The van der Waals surface area contributed by atoms with Crippen molar-refractivity contribution in [2.24, 2.45) is 0 Å². The maximum atomic E-state index is 13.8. The normalized spacial score (nSPS) is 10.4. The van der Waals surface area contributed by atoms with Crippen LogP contribution in [-0.2, 0) is 0 Å². The monoisotopic (exact) mass is 378 g/mol. The topological polar surface area (TPSA) is 78.4 Å². The Labute approximate surface area is 161 Å². The van der Waals surface area contributed by atoms with E-state index in [9.17, 15) is 19.1 Å². The fourth-order valence-corrected chi connectivity index (χ4v) is 2.68. The summed E-state index contributed by atoms with van der Waals surface area (Å²) in [6, 6.07) is 15.4. The van der Waals surface area contributed by atoms with Crippen LogP contribution in [-0.4, -0.2) is 16.9 Å². The zero-order valence-electron chi connectivity index (χ0n) is 15.4. The van der Waals surface area contributed by atoms with Gasteiger partial charge < -0.3 is 15.7 Å². The molecule has 28 heavy (non-hydrogen) atoms. The highest BCUT2D eigenvalue weighted by atomic mass is 19.1. The Balaban J connectivity index is 1.83. The van der Waals surface area contributed by atoms with Crippen molar-refractivity contribution < 1.29 is 19.1 Å². The van der Waals surface area contributed by atoms with Gasteiger partial charge in [-0.3, -0.25) is 9.59 Å².